The van der Waals surface area contributed by atoms with Gasteiger partial charge in [0.25, 0.3) is 0 Å². The molecule has 0 bridgehead atoms. The Labute approximate surface area is 154 Å². The lowest BCUT2D eigenvalue weighted by atomic mass is 10.2. The quantitative estimate of drug-likeness (QED) is 0.710. The highest BCUT2D eigenvalue weighted by Crippen LogP contribution is 2.23. The van der Waals surface area contributed by atoms with Gasteiger partial charge < -0.3 is 9.64 Å². The van der Waals surface area contributed by atoms with Crippen molar-refractivity contribution in [2.24, 2.45) is 0 Å². The summed E-state index contributed by atoms with van der Waals surface area (Å²) < 4.78 is 43.3. The molecule has 1 aromatic carbocycles. The van der Waals surface area contributed by atoms with Crippen molar-refractivity contribution in [2.75, 3.05) is 19.9 Å². The minimum atomic E-state index is -3.61. The summed E-state index contributed by atoms with van der Waals surface area (Å²) in [5, 5.41) is 0. The van der Waals surface area contributed by atoms with Gasteiger partial charge in [0.2, 0.25) is 5.91 Å². The van der Waals surface area contributed by atoms with Crippen molar-refractivity contribution >= 4 is 38.7 Å². The van der Waals surface area contributed by atoms with Crippen molar-refractivity contribution in [3.05, 3.63) is 50.9 Å². The molecule has 1 heterocycles. The molecule has 0 atom stereocenters. The standard InChI is InChI=1S/C16H17ClFNO4S2/c1-19(8-11-3-5-14(23-2)13(18)7-11)16(20)10-25(21,22)9-12-4-6-15(17)24-12/h3-7H,8-10H2,1-2H3. The van der Waals surface area contributed by atoms with Crippen LogP contribution in [0.2, 0.25) is 4.34 Å². The third-order valence-corrected chi connectivity index (χ3v) is 6.25. The van der Waals surface area contributed by atoms with Gasteiger partial charge in [-0.3, -0.25) is 4.79 Å². The lowest BCUT2D eigenvalue weighted by Gasteiger charge is -2.17. The first-order valence-electron chi connectivity index (χ1n) is 7.21. The zero-order valence-electron chi connectivity index (χ0n) is 13.7. The molecule has 0 aliphatic carbocycles. The molecule has 1 amide bonds. The fourth-order valence-corrected chi connectivity index (χ4v) is 5.05. The van der Waals surface area contributed by atoms with Gasteiger partial charge in [0.1, 0.15) is 5.75 Å². The van der Waals surface area contributed by atoms with E-state index in [0.717, 1.165) is 0 Å². The van der Waals surface area contributed by atoms with E-state index in [1.54, 1.807) is 18.2 Å². The normalized spacial score (nSPS) is 11.4. The van der Waals surface area contributed by atoms with E-state index < -0.39 is 27.3 Å². The van der Waals surface area contributed by atoms with Gasteiger partial charge in [-0.05, 0) is 29.8 Å². The average molecular weight is 406 g/mol. The molecule has 0 fully saturated rings. The number of amides is 1. The van der Waals surface area contributed by atoms with Crippen molar-refractivity contribution in [1.29, 1.82) is 0 Å². The van der Waals surface area contributed by atoms with Crippen LogP contribution in [0.3, 0.4) is 0 Å². The van der Waals surface area contributed by atoms with Gasteiger partial charge in [-0.1, -0.05) is 17.7 Å². The van der Waals surface area contributed by atoms with Crippen LogP contribution in [0.15, 0.2) is 30.3 Å². The number of sulfone groups is 1. The number of carbonyl (C=O) groups is 1. The second-order valence-electron chi connectivity index (χ2n) is 5.46. The molecule has 2 aromatic rings. The molecule has 1 aromatic heterocycles. The molecule has 2 rings (SSSR count). The highest BCUT2D eigenvalue weighted by Gasteiger charge is 2.21. The van der Waals surface area contributed by atoms with Crippen LogP contribution < -0.4 is 4.74 Å². The minimum absolute atomic E-state index is 0.0973. The van der Waals surface area contributed by atoms with Crippen molar-refractivity contribution in [3.8, 4) is 5.75 Å². The predicted octanol–water partition coefficient (Wildman–Crippen LogP) is 3.12. The molecule has 5 nitrogen and oxygen atoms in total. The summed E-state index contributed by atoms with van der Waals surface area (Å²) in [5.41, 5.74) is 0.539. The molecule has 25 heavy (non-hydrogen) atoms. The predicted molar refractivity (Wildman–Crippen MR) is 96.2 cm³/mol. The van der Waals surface area contributed by atoms with Crippen LogP contribution in [0.5, 0.6) is 5.75 Å². The first kappa shape index (κ1) is 19.7. The fraction of sp³-hybridized carbons (Fsp3) is 0.312. The van der Waals surface area contributed by atoms with E-state index in [9.17, 15) is 17.6 Å². The third-order valence-electron chi connectivity index (χ3n) is 3.40. The Morgan fingerprint density at radius 1 is 1.32 bits per heavy atom. The molecule has 0 radical (unpaired) electrons. The number of benzene rings is 1. The highest BCUT2D eigenvalue weighted by molar-refractivity contribution is 7.91. The first-order valence-corrected chi connectivity index (χ1v) is 10.2. The van der Waals surface area contributed by atoms with Gasteiger partial charge in [0, 0.05) is 18.5 Å². The molecule has 0 unspecified atom stereocenters. The number of ether oxygens (including phenoxy) is 1. The zero-order valence-corrected chi connectivity index (χ0v) is 16.0. The molecule has 0 N–H and O–H groups in total. The van der Waals surface area contributed by atoms with Crippen molar-refractivity contribution in [2.45, 2.75) is 12.3 Å². The summed E-state index contributed by atoms with van der Waals surface area (Å²) >= 11 is 6.94. The van der Waals surface area contributed by atoms with E-state index in [4.69, 9.17) is 16.3 Å². The van der Waals surface area contributed by atoms with E-state index in [1.807, 2.05) is 0 Å². The van der Waals surface area contributed by atoms with E-state index in [1.165, 1.54) is 42.5 Å². The van der Waals surface area contributed by atoms with Crippen LogP contribution in [-0.2, 0) is 26.9 Å². The maximum absolute atomic E-state index is 13.7. The van der Waals surface area contributed by atoms with Gasteiger partial charge >= 0.3 is 0 Å². The van der Waals surface area contributed by atoms with E-state index >= 15 is 0 Å². The Balaban J connectivity index is 1.98. The van der Waals surface area contributed by atoms with Gasteiger partial charge in [0.05, 0.1) is 17.2 Å². The van der Waals surface area contributed by atoms with Crippen LogP contribution in [0.1, 0.15) is 10.4 Å². The molecule has 0 aliphatic rings. The minimum Gasteiger partial charge on any atom is -0.494 e. The lowest BCUT2D eigenvalue weighted by Crippen LogP contribution is -2.32. The largest absolute Gasteiger partial charge is 0.494 e. The van der Waals surface area contributed by atoms with E-state index in [-0.39, 0.29) is 18.0 Å². The maximum atomic E-state index is 13.7. The van der Waals surface area contributed by atoms with Crippen LogP contribution in [0.25, 0.3) is 0 Å². The lowest BCUT2D eigenvalue weighted by molar-refractivity contribution is -0.127. The zero-order chi connectivity index (χ0) is 18.6. The second kappa shape index (κ2) is 8.16. The van der Waals surface area contributed by atoms with Crippen LogP contribution in [-0.4, -0.2) is 39.1 Å². The van der Waals surface area contributed by atoms with Crippen molar-refractivity contribution in [1.82, 2.24) is 4.90 Å². The summed E-state index contributed by atoms with van der Waals surface area (Å²) in [6, 6.07) is 7.57. The Morgan fingerprint density at radius 3 is 2.60 bits per heavy atom. The number of hydrogen-bond donors (Lipinski definition) is 0. The van der Waals surface area contributed by atoms with Gasteiger partial charge in [-0.15, -0.1) is 11.3 Å². The van der Waals surface area contributed by atoms with Crippen LogP contribution >= 0.6 is 22.9 Å². The number of rotatable bonds is 7. The van der Waals surface area contributed by atoms with E-state index in [0.29, 0.717) is 14.8 Å². The number of hydrogen-bond acceptors (Lipinski definition) is 5. The summed E-state index contributed by atoms with van der Waals surface area (Å²) in [4.78, 5) is 14.0. The molecular formula is C16H17ClFNO4S2. The number of halogens is 2. The molecular weight excluding hydrogens is 389 g/mol. The smallest absolute Gasteiger partial charge is 0.237 e. The highest BCUT2D eigenvalue weighted by atomic mass is 35.5. The molecule has 0 saturated heterocycles. The summed E-state index contributed by atoms with van der Waals surface area (Å²) in [6.07, 6.45) is 0. The fourth-order valence-electron chi connectivity index (χ4n) is 2.17. The Kier molecular flexibility index (Phi) is 6.42. The number of nitrogens with zero attached hydrogens (tertiary/aromatic N) is 1. The number of thiophene rings is 1. The third kappa shape index (κ3) is 5.69. The van der Waals surface area contributed by atoms with Crippen molar-refractivity contribution in [3.63, 3.8) is 0 Å². The topological polar surface area (TPSA) is 63.7 Å². The number of carbonyl (C=O) groups excluding carboxylic acids is 1. The molecule has 0 aliphatic heterocycles. The average Bonchev–Trinajstić information content (AvgIpc) is 2.91. The summed E-state index contributed by atoms with van der Waals surface area (Å²) in [6.45, 7) is 0.0973. The molecule has 136 valence electrons. The van der Waals surface area contributed by atoms with E-state index in [2.05, 4.69) is 0 Å². The summed E-state index contributed by atoms with van der Waals surface area (Å²) in [7, 11) is -0.775. The van der Waals surface area contributed by atoms with Gasteiger partial charge in [-0.25, -0.2) is 12.8 Å². The van der Waals surface area contributed by atoms with Gasteiger partial charge in [0.15, 0.2) is 21.4 Å². The monoisotopic (exact) mass is 405 g/mol. The number of methoxy groups -OCH3 is 1. The van der Waals surface area contributed by atoms with Gasteiger partial charge in [-0.2, -0.15) is 0 Å². The molecule has 0 spiro atoms. The van der Waals surface area contributed by atoms with Crippen LogP contribution in [0, 0.1) is 5.82 Å². The first-order chi connectivity index (χ1) is 11.7. The van der Waals surface area contributed by atoms with Crippen LogP contribution in [0.4, 0.5) is 4.39 Å². The maximum Gasteiger partial charge on any atom is 0.237 e. The molecule has 9 heteroatoms. The SMILES string of the molecule is COc1ccc(CN(C)C(=O)CS(=O)(=O)Cc2ccc(Cl)s2)cc1F. The Morgan fingerprint density at radius 2 is 2.04 bits per heavy atom. The Bertz CT molecular complexity index is 867. The van der Waals surface area contributed by atoms with Crippen molar-refractivity contribution < 1.29 is 22.3 Å². The summed E-state index contributed by atoms with van der Waals surface area (Å²) in [5.74, 6) is -1.84. The molecule has 0 saturated carbocycles. The Hall–Kier alpha value is -1.64. The second-order valence-corrected chi connectivity index (χ2v) is 9.32.